The van der Waals surface area contributed by atoms with E-state index in [2.05, 4.69) is 36.5 Å². The zero-order valence-corrected chi connectivity index (χ0v) is 13.7. The van der Waals surface area contributed by atoms with E-state index >= 15 is 0 Å². The predicted molar refractivity (Wildman–Crippen MR) is 88.1 cm³/mol. The number of benzene rings is 1. The molecule has 1 saturated carbocycles. The van der Waals surface area contributed by atoms with Crippen LogP contribution in [0.1, 0.15) is 43.7 Å². The lowest BCUT2D eigenvalue weighted by atomic mass is 9.80. The molecule has 1 amide bonds. The van der Waals surface area contributed by atoms with Crippen molar-refractivity contribution in [1.82, 2.24) is 5.32 Å². The van der Waals surface area contributed by atoms with Crippen molar-refractivity contribution in [1.29, 1.82) is 0 Å². The van der Waals surface area contributed by atoms with Crippen molar-refractivity contribution in [2.75, 3.05) is 6.54 Å². The molecule has 2 aliphatic rings. The lowest BCUT2D eigenvalue weighted by Crippen LogP contribution is -2.41. The van der Waals surface area contributed by atoms with Gasteiger partial charge in [0.15, 0.2) is 0 Å². The molecule has 1 aromatic rings. The number of fused-ring (bicyclic) bond motifs is 1. The van der Waals surface area contributed by atoms with E-state index in [9.17, 15) is 9.59 Å². The number of rotatable bonds is 4. The van der Waals surface area contributed by atoms with Crippen molar-refractivity contribution in [2.24, 2.45) is 17.3 Å². The summed E-state index contributed by atoms with van der Waals surface area (Å²) < 4.78 is 0. The van der Waals surface area contributed by atoms with Gasteiger partial charge in [0.25, 0.3) is 0 Å². The number of carbonyl (C=O) groups is 2. The van der Waals surface area contributed by atoms with E-state index in [-0.39, 0.29) is 23.2 Å². The Balaban J connectivity index is 1.54. The van der Waals surface area contributed by atoms with Crippen LogP contribution in [-0.2, 0) is 22.4 Å². The van der Waals surface area contributed by atoms with Crippen molar-refractivity contribution in [3.05, 3.63) is 35.4 Å². The molecule has 0 aromatic heterocycles. The molecule has 1 fully saturated rings. The van der Waals surface area contributed by atoms with Gasteiger partial charge in [-0.25, -0.2) is 0 Å². The molecule has 2 aliphatic carbocycles. The minimum Gasteiger partial charge on any atom is -0.481 e. The third kappa shape index (κ3) is 3.57. The van der Waals surface area contributed by atoms with Crippen LogP contribution < -0.4 is 5.32 Å². The van der Waals surface area contributed by atoms with Gasteiger partial charge in [-0.2, -0.15) is 0 Å². The monoisotopic (exact) mass is 315 g/mol. The third-order valence-corrected chi connectivity index (χ3v) is 5.44. The van der Waals surface area contributed by atoms with Gasteiger partial charge >= 0.3 is 5.97 Å². The SMILES string of the molecule is CC1(CNC(=O)C2CCCC(C(=O)O)C2)Cc2ccccc2C1. The molecule has 0 saturated heterocycles. The first-order valence-corrected chi connectivity index (χ1v) is 8.54. The molecule has 23 heavy (non-hydrogen) atoms. The molecule has 0 heterocycles. The minimum absolute atomic E-state index is 0.0353. The maximum absolute atomic E-state index is 12.4. The van der Waals surface area contributed by atoms with Crippen molar-refractivity contribution >= 4 is 11.9 Å². The molecule has 0 radical (unpaired) electrons. The molecule has 0 spiro atoms. The first-order chi connectivity index (χ1) is 11.0. The van der Waals surface area contributed by atoms with Crippen LogP contribution in [0.3, 0.4) is 0 Å². The maximum atomic E-state index is 12.4. The van der Waals surface area contributed by atoms with Gasteiger partial charge in [0.2, 0.25) is 5.91 Å². The maximum Gasteiger partial charge on any atom is 0.306 e. The van der Waals surface area contributed by atoms with Gasteiger partial charge in [-0.3, -0.25) is 9.59 Å². The van der Waals surface area contributed by atoms with E-state index in [1.165, 1.54) is 11.1 Å². The fourth-order valence-corrected chi connectivity index (χ4v) is 4.11. The van der Waals surface area contributed by atoms with Crippen LogP contribution in [0.5, 0.6) is 0 Å². The summed E-state index contributed by atoms with van der Waals surface area (Å²) in [4.78, 5) is 23.6. The lowest BCUT2D eigenvalue weighted by molar-refractivity contribution is -0.144. The second-order valence-corrected chi connectivity index (χ2v) is 7.55. The first kappa shape index (κ1) is 16.0. The Morgan fingerprint density at radius 2 is 1.78 bits per heavy atom. The summed E-state index contributed by atoms with van der Waals surface area (Å²) >= 11 is 0. The fraction of sp³-hybridized carbons (Fsp3) is 0.579. The minimum atomic E-state index is -0.763. The molecule has 0 bridgehead atoms. The Morgan fingerprint density at radius 1 is 1.17 bits per heavy atom. The number of carboxylic acids is 1. The van der Waals surface area contributed by atoms with Crippen molar-refractivity contribution in [3.63, 3.8) is 0 Å². The van der Waals surface area contributed by atoms with Gasteiger partial charge in [0.1, 0.15) is 0 Å². The average Bonchev–Trinajstić information content (AvgIpc) is 2.89. The number of carbonyl (C=O) groups excluding carboxylic acids is 1. The molecule has 4 nitrogen and oxygen atoms in total. The zero-order valence-electron chi connectivity index (χ0n) is 13.7. The summed E-state index contributed by atoms with van der Waals surface area (Å²) in [6.45, 7) is 2.88. The summed E-state index contributed by atoms with van der Waals surface area (Å²) in [7, 11) is 0. The number of hydrogen-bond acceptors (Lipinski definition) is 2. The molecule has 1 aromatic carbocycles. The van der Waals surface area contributed by atoms with E-state index in [4.69, 9.17) is 5.11 Å². The van der Waals surface area contributed by atoms with Gasteiger partial charge in [-0.1, -0.05) is 37.6 Å². The molecule has 2 atom stereocenters. The summed E-state index contributed by atoms with van der Waals surface area (Å²) in [5, 5.41) is 12.2. The smallest absolute Gasteiger partial charge is 0.306 e. The highest BCUT2D eigenvalue weighted by Crippen LogP contribution is 2.36. The Labute approximate surface area is 137 Å². The molecule has 3 rings (SSSR count). The number of amides is 1. The fourth-order valence-electron chi connectivity index (χ4n) is 4.11. The van der Waals surface area contributed by atoms with Gasteiger partial charge < -0.3 is 10.4 Å². The van der Waals surface area contributed by atoms with Gasteiger partial charge in [0.05, 0.1) is 5.92 Å². The van der Waals surface area contributed by atoms with E-state index < -0.39 is 5.97 Å². The molecule has 2 unspecified atom stereocenters. The van der Waals surface area contributed by atoms with E-state index in [0.29, 0.717) is 19.4 Å². The van der Waals surface area contributed by atoms with E-state index in [1.54, 1.807) is 0 Å². The van der Waals surface area contributed by atoms with Gasteiger partial charge in [0, 0.05) is 12.5 Å². The lowest BCUT2D eigenvalue weighted by Gasteiger charge is -2.29. The summed E-state index contributed by atoms with van der Waals surface area (Å²) in [6, 6.07) is 8.47. The quantitative estimate of drug-likeness (QED) is 0.898. The molecular formula is C19H25NO3. The largest absolute Gasteiger partial charge is 0.481 e. The number of carboxylic acid groups (broad SMARTS) is 1. The van der Waals surface area contributed by atoms with Crippen LogP contribution >= 0.6 is 0 Å². The highest BCUT2D eigenvalue weighted by molar-refractivity contribution is 5.80. The first-order valence-electron chi connectivity index (χ1n) is 8.54. The van der Waals surface area contributed by atoms with Crippen molar-refractivity contribution in [3.8, 4) is 0 Å². The van der Waals surface area contributed by atoms with Crippen LogP contribution in [0.4, 0.5) is 0 Å². The van der Waals surface area contributed by atoms with Crippen LogP contribution in [0.2, 0.25) is 0 Å². The van der Waals surface area contributed by atoms with Gasteiger partial charge in [-0.15, -0.1) is 0 Å². The normalized spacial score (nSPS) is 25.6. The number of hydrogen-bond donors (Lipinski definition) is 2. The van der Waals surface area contributed by atoms with Crippen LogP contribution in [-0.4, -0.2) is 23.5 Å². The summed E-state index contributed by atoms with van der Waals surface area (Å²) in [6.07, 6.45) is 4.81. The van der Waals surface area contributed by atoms with Crippen molar-refractivity contribution in [2.45, 2.75) is 45.4 Å². The standard InChI is InChI=1S/C19H25NO3/c1-19(10-15-5-2-3-6-16(15)11-19)12-20-17(21)13-7-4-8-14(9-13)18(22)23/h2-3,5-6,13-14H,4,7-12H2,1H3,(H,20,21)(H,22,23). The Morgan fingerprint density at radius 3 is 2.39 bits per heavy atom. The molecule has 2 N–H and O–H groups in total. The number of nitrogens with one attached hydrogen (secondary N) is 1. The molecular weight excluding hydrogens is 290 g/mol. The number of aliphatic carboxylic acids is 1. The molecule has 4 heteroatoms. The topological polar surface area (TPSA) is 66.4 Å². The highest BCUT2D eigenvalue weighted by atomic mass is 16.4. The summed E-state index contributed by atoms with van der Waals surface area (Å²) in [5.41, 5.74) is 2.83. The molecule has 124 valence electrons. The second-order valence-electron chi connectivity index (χ2n) is 7.55. The Bertz CT molecular complexity index is 585. The third-order valence-electron chi connectivity index (χ3n) is 5.44. The average molecular weight is 315 g/mol. The second kappa shape index (κ2) is 6.34. The Hall–Kier alpha value is -1.84. The van der Waals surface area contributed by atoms with Crippen LogP contribution in [0.15, 0.2) is 24.3 Å². The highest BCUT2D eigenvalue weighted by Gasteiger charge is 2.35. The van der Waals surface area contributed by atoms with Crippen LogP contribution in [0, 0.1) is 17.3 Å². The van der Waals surface area contributed by atoms with E-state index in [0.717, 1.165) is 25.7 Å². The van der Waals surface area contributed by atoms with Crippen LogP contribution in [0.25, 0.3) is 0 Å². The summed E-state index contributed by atoms with van der Waals surface area (Å²) in [5.74, 6) is -1.23. The van der Waals surface area contributed by atoms with E-state index in [1.807, 2.05) is 0 Å². The van der Waals surface area contributed by atoms with Gasteiger partial charge in [-0.05, 0) is 48.6 Å². The van der Waals surface area contributed by atoms with Crippen molar-refractivity contribution < 1.29 is 14.7 Å². The zero-order chi connectivity index (χ0) is 16.4. The predicted octanol–water partition coefficient (Wildman–Crippen LogP) is 2.80. The Kier molecular flexibility index (Phi) is 4.42. The molecule has 0 aliphatic heterocycles.